The molecule has 0 unspecified atom stereocenters. The van der Waals surface area contributed by atoms with Crippen LogP contribution in [0.5, 0.6) is 0 Å². The van der Waals surface area contributed by atoms with Crippen LogP contribution in [0.15, 0.2) is 40.9 Å². The number of aryl methyl sites for hydroxylation is 1. The van der Waals surface area contributed by atoms with E-state index < -0.39 is 11.6 Å². The Morgan fingerprint density at radius 3 is 2.61 bits per heavy atom. The summed E-state index contributed by atoms with van der Waals surface area (Å²) < 4.78 is 27.0. The Labute approximate surface area is 142 Å². The average molecular weight is 384 g/mol. The van der Waals surface area contributed by atoms with Gasteiger partial charge >= 0.3 is 0 Å². The molecule has 0 aromatic heterocycles. The van der Waals surface area contributed by atoms with Gasteiger partial charge in [-0.05, 0) is 65.7 Å². The van der Waals surface area contributed by atoms with Crippen molar-refractivity contribution in [3.05, 3.63) is 63.6 Å². The standard InChI is InChI=1S/C17H17BrF2N2O/c1-10-3-6-16(13(18)7-10)22-17(23)9-21-11(2)12-4-5-14(19)15(20)8-12/h3-8,11,21H,9H2,1-2H3,(H,22,23)/p+1/t11-/m1/s1. The van der Waals surface area contributed by atoms with Crippen LogP contribution in [-0.4, -0.2) is 12.5 Å². The first-order valence-corrected chi connectivity index (χ1v) is 8.00. The molecule has 0 radical (unpaired) electrons. The highest BCUT2D eigenvalue weighted by molar-refractivity contribution is 9.10. The molecule has 0 aliphatic heterocycles. The van der Waals surface area contributed by atoms with Crippen LogP contribution in [0.4, 0.5) is 14.5 Å². The van der Waals surface area contributed by atoms with E-state index in [0.29, 0.717) is 11.3 Å². The van der Waals surface area contributed by atoms with E-state index in [1.165, 1.54) is 6.07 Å². The molecule has 122 valence electrons. The summed E-state index contributed by atoms with van der Waals surface area (Å²) >= 11 is 3.40. The van der Waals surface area contributed by atoms with Crippen molar-refractivity contribution < 1.29 is 18.9 Å². The maximum Gasteiger partial charge on any atom is 0.279 e. The number of hydrogen-bond acceptors (Lipinski definition) is 1. The quantitative estimate of drug-likeness (QED) is 0.817. The zero-order valence-electron chi connectivity index (χ0n) is 12.9. The predicted molar refractivity (Wildman–Crippen MR) is 89.1 cm³/mol. The summed E-state index contributed by atoms with van der Waals surface area (Å²) in [5, 5.41) is 4.58. The molecule has 2 aromatic carbocycles. The van der Waals surface area contributed by atoms with Crippen molar-refractivity contribution in [3.8, 4) is 0 Å². The van der Waals surface area contributed by atoms with E-state index in [-0.39, 0.29) is 18.5 Å². The molecule has 1 atom stereocenters. The Morgan fingerprint density at radius 1 is 1.22 bits per heavy atom. The van der Waals surface area contributed by atoms with E-state index in [4.69, 9.17) is 0 Å². The third-order valence-electron chi connectivity index (χ3n) is 3.52. The summed E-state index contributed by atoms with van der Waals surface area (Å²) in [6.45, 7) is 3.98. The van der Waals surface area contributed by atoms with Gasteiger partial charge in [-0.3, -0.25) is 4.79 Å². The average Bonchev–Trinajstić information content (AvgIpc) is 2.50. The van der Waals surface area contributed by atoms with Gasteiger partial charge in [-0.25, -0.2) is 8.78 Å². The van der Waals surface area contributed by atoms with Crippen molar-refractivity contribution in [3.63, 3.8) is 0 Å². The second-order valence-corrected chi connectivity index (χ2v) is 6.29. The lowest BCUT2D eigenvalue weighted by atomic mass is 10.1. The smallest absolute Gasteiger partial charge is 0.279 e. The minimum Gasteiger partial charge on any atom is -0.333 e. The van der Waals surface area contributed by atoms with Gasteiger partial charge < -0.3 is 10.6 Å². The number of rotatable bonds is 5. The molecule has 0 bridgehead atoms. The van der Waals surface area contributed by atoms with Crippen molar-refractivity contribution in [1.29, 1.82) is 0 Å². The van der Waals surface area contributed by atoms with Crippen molar-refractivity contribution in [2.45, 2.75) is 19.9 Å². The number of benzene rings is 2. The normalized spacial score (nSPS) is 12.0. The minimum absolute atomic E-state index is 0.155. The van der Waals surface area contributed by atoms with Crippen LogP contribution >= 0.6 is 15.9 Å². The summed E-state index contributed by atoms with van der Waals surface area (Å²) in [4.78, 5) is 12.0. The zero-order chi connectivity index (χ0) is 17.0. The van der Waals surface area contributed by atoms with Gasteiger partial charge in [-0.2, -0.15) is 0 Å². The lowest BCUT2D eigenvalue weighted by Gasteiger charge is -2.12. The molecule has 6 heteroatoms. The van der Waals surface area contributed by atoms with Crippen LogP contribution in [0, 0.1) is 18.6 Å². The molecule has 3 nitrogen and oxygen atoms in total. The molecule has 3 N–H and O–H groups in total. The van der Waals surface area contributed by atoms with Crippen LogP contribution in [0.3, 0.4) is 0 Å². The summed E-state index contributed by atoms with van der Waals surface area (Å²) in [6.07, 6.45) is 0. The molecule has 0 heterocycles. The van der Waals surface area contributed by atoms with Crippen LogP contribution in [0.25, 0.3) is 0 Å². The van der Waals surface area contributed by atoms with E-state index in [9.17, 15) is 13.6 Å². The van der Waals surface area contributed by atoms with Gasteiger partial charge in [-0.1, -0.05) is 6.07 Å². The van der Waals surface area contributed by atoms with Gasteiger partial charge in [0.2, 0.25) is 0 Å². The van der Waals surface area contributed by atoms with E-state index in [2.05, 4.69) is 21.2 Å². The molecule has 1 amide bonds. The summed E-state index contributed by atoms with van der Waals surface area (Å²) in [5.41, 5.74) is 2.43. The molecule has 0 fully saturated rings. The first-order valence-electron chi connectivity index (χ1n) is 7.21. The first-order chi connectivity index (χ1) is 10.9. The Kier molecular flexibility index (Phi) is 5.85. The van der Waals surface area contributed by atoms with Crippen LogP contribution in [0.2, 0.25) is 0 Å². The third-order valence-corrected chi connectivity index (χ3v) is 4.18. The number of hydrogen-bond donors (Lipinski definition) is 2. The monoisotopic (exact) mass is 383 g/mol. The molecule has 2 aromatic rings. The van der Waals surface area contributed by atoms with E-state index >= 15 is 0 Å². The van der Waals surface area contributed by atoms with Gasteiger partial charge in [0, 0.05) is 10.0 Å². The van der Waals surface area contributed by atoms with Crippen LogP contribution < -0.4 is 10.6 Å². The molecular weight excluding hydrogens is 366 g/mol. The lowest BCUT2D eigenvalue weighted by Crippen LogP contribution is -2.86. The van der Waals surface area contributed by atoms with E-state index in [1.807, 2.05) is 32.0 Å². The zero-order valence-corrected chi connectivity index (χ0v) is 14.5. The van der Waals surface area contributed by atoms with Crippen LogP contribution in [-0.2, 0) is 4.79 Å². The lowest BCUT2D eigenvalue weighted by molar-refractivity contribution is -0.682. The van der Waals surface area contributed by atoms with Gasteiger partial charge in [-0.15, -0.1) is 0 Å². The fraction of sp³-hybridized carbons (Fsp3) is 0.235. The Bertz CT molecular complexity index is 722. The predicted octanol–water partition coefficient (Wildman–Crippen LogP) is 3.30. The van der Waals surface area contributed by atoms with Gasteiger partial charge in [0.25, 0.3) is 5.91 Å². The maximum atomic E-state index is 13.2. The Morgan fingerprint density at radius 2 is 1.96 bits per heavy atom. The summed E-state index contributed by atoms with van der Waals surface area (Å²) in [5.74, 6) is -1.91. The van der Waals surface area contributed by atoms with Crippen molar-refractivity contribution >= 4 is 27.5 Å². The van der Waals surface area contributed by atoms with E-state index in [1.54, 1.807) is 5.32 Å². The number of carbonyl (C=O) groups excluding carboxylic acids is 1. The molecule has 0 saturated heterocycles. The SMILES string of the molecule is Cc1ccc(NC(=O)C[NH2+][C@H](C)c2ccc(F)c(F)c2)c(Br)c1. The molecule has 0 saturated carbocycles. The molecule has 2 rings (SSSR count). The number of halogens is 3. The van der Waals surface area contributed by atoms with Crippen molar-refractivity contribution in [2.75, 3.05) is 11.9 Å². The van der Waals surface area contributed by atoms with Crippen molar-refractivity contribution in [1.82, 2.24) is 0 Å². The van der Waals surface area contributed by atoms with Gasteiger partial charge in [0.05, 0.1) is 5.69 Å². The van der Waals surface area contributed by atoms with Crippen molar-refractivity contribution in [2.24, 2.45) is 0 Å². The van der Waals surface area contributed by atoms with E-state index in [0.717, 1.165) is 22.2 Å². The molecule has 23 heavy (non-hydrogen) atoms. The topological polar surface area (TPSA) is 45.7 Å². The highest BCUT2D eigenvalue weighted by Crippen LogP contribution is 2.23. The number of anilines is 1. The number of nitrogens with two attached hydrogens (primary N) is 1. The van der Waals surface area contributed by atoms with Gasteiger partial charge in [0.1, 0.15) is 6.04 Å². The fourth-order valence-electron chi connectivity index (χ4n) is 2.14. The Hall–Kier alpha value is -1.79. The highest BCUT2D eigenvalue weighted by atomic mass is 79.9. The first kappa shape index (κ1) is 17.6. The second kappa shape index (κ2) is 7.66. The summed E-state index contributed by atoms with van der Waals surface area (Å²) in [7, 11) is 0. The maximum absolute atomic E-state index is 13.2. The highest BCUT2D eigenvalue weighted by Gasteiger charge is 2.14. The number of amides is 1. The number of quaternary nitrogens is 1. The molecule has 0 spiro atoms. The Balaban J connectivity index is 1.91. The second-order valence-electron chi connectivity index (χ2n) is 5.43. The number of carbonyl (C=O) groups is 1. The van der Waals surface area contributed by atoms with Crippen LogP contribution in [0.1, 0.15) is 24.1 Å². The molecule has 0 aliphatic rings. The number of nitrogens with one attached hydrogen (secondary N) is 1. The molecular formula is C17H18BrF2N2O+. The fourth-order valence-corrected chi connectivity index (χ4v) is 2.73. The summed E-state index contributed by atoms with van der Waals surface area (Å²) in [6, 6.07) is 9.28. The third kappa shape index (κ3) is 4.84. The largest absolute Gasteiger partial charge is 0.333 e. The minimum atomic E-state index is -0.879. The molecule has 0 aliphatic carbocycles. The van der Waals surface area contributed by atoms with Gasteiger partial charge in [0.15, 0.2) is 18.2 Å².